The molecule has 2 rings (SSSR count). The summed E-state index contributed by atoms with van der Waals surface area (Å²) in [7, 11) is 0. The second-order valence-corrected chi connectivity index (χ2v) is 9.77. The van der Waals surface area contributed by atoms with Crippen molar-refractivity contribution in [1.29, 1.82) is 0 Å². The van der Waals surface area contributed by atoms with Gasteiger partial charge in [0.1, 0.15) is 24.6 Å². The molecule has 2 heterocycles. The van der Waals surface area contributed by atoms with Crippen LogP contribution in [0.1, 0.15) is 110 Å². The molecular formula is C27H45N3O7. The lowest BCUT2D eigenvalue weighted by atomic mass is 10.1. The molecule has 3 N–H and O–H groups in total. The largest absolute Gasteiger partial charge is 0.463 e. The van der Waals surface area contributed by atoms with Crippen molar-refractivity contribution in [3.05, 3.63) is 22.7 Å². The van der Waals surface area contributed by atoms with E-state index in [-0.39, 0.29) is 31.2 Å². The highest BCUT2D eigenvalue weighted by atomic mass is 16.6. The van der Waals surface area contributed by atoms with E-state index in [9.17, 15) is 19.5 Å². The van der Waals surface area contributed by atoms with Crippen molar-refractivity contribution in [3.8, 4) is 0 Å². The van der Waals surface area contributed by atoms with Crippen LogP contribution >= 0.6 is 0 Å². The smallest absolute Gasteiger partial charge is 0.351 e. The van der Waals surface area contributed by atoms with Crippen molar-refractivity contribution in [2.45, 2.75) is 128 Å². The molecule has 0 bridgehead atoms. The first-order valence-corrected chi connectivity index (χ1v) is 13.9. The summed E-state index contributed by atoms with van der Waals surface area (Å²) in [5.74, 6) is -0.800. The molecule has 4 atom stereocenters. The summed E-state index contributed by atoms with van der Waals surface area (Å²) >= 11 is 0. The molecule has 210 valence electrons. The maximum atomic E-state index is 12.5. The Bertz CT molecular complexity index is 876. The molecule has 0 saturated carbocycles. The number of unbranched alkanes of at least 4 members (excludes halogenated alkanes) is 10. The van der Waals surface area contributed by atoms with Crippen LogP contribution in [0.5, 0.6) is 0 Å². The minimum atomic E-state index is -1.35. The highest BCUT2D eigenvalue weighted by Gasteiger charge is 2.48. The Morgan fingerprint density at radius 3 is 2.14 bits per heavy atom. The molecule has 0 radical (unpaired) electrons. The van der Waals surface area contributed by atoms with Gasteiger partial charge in [0.2, 0.25) is 0 Å². The number of nitrogen functional groups attached to an aromatic ring is 1. The Labute approximate surface area is 219 Å². The van der Waals surface area contributed by atoms with E-state index in [4.69, 9.17) is 19.9 Å². The van der Waals surface area contributed by atoms with Crippen LogP contribution in [0, 0.1) is 0 Å². The normalized spacial score (nSPS) is 21.2. The van der Waals surface area contributed by atoms with Crippen LogP contribution in [0.15, 0.2) is 17.1 Å². The standard InChI is InChI=1S/C27H45N3O7/c1-3-5-7-9-11-13-15-22(31)35-19-20-25(37-23(32)16-14-12-10-8-6-4-2)24(33)26(36-20)30-18-17-21(28)29-27(30)34/h17-18,20,24-26,33H,3-16,19H2,1-2H3,(H2,28,29,34)/t20-,24+,25-,26-/m1/s1. The fraction of sp³-hybridized carbons (Fsp3) is 0.778. The number of anilines is 1. The number of carbonyl (C=O) groups excluding carboxylic acids is 2. The zero-order valence-corrected chi connectivity index (χ0v) is 22.4. The van der Waals surface area contributed by atoms with Gasteiger partial charge in [0.15, 0.2) is 12.3 Å². The molecule has 0 spiro atoms. The second-order valence-electron chi connectivity index (χ2n) is 9.77. The predicted octanol–water partition coefficient (Wildman–Crippen LogP) is 4.04. The third-order valence-corrected chi connectivity index (χ3v) is 6.58. The Hall–Kier alpha value is -2.46. The van der Waals surface area contributed by atoms with Gasteiger partial charge in [-0.1, -0.05) is 78.1 Å². The number of esters is 2. The quantitative estimate of drug-likeness (QED) is 0.215. The first-order chi connectivity index (χ1) is 17.9. The first-order valence-electron chi connectivity index (χ1n) is 13.9. The maximum Gasteiger partial charge on any atom is 0.351 e. The van der Waals surface area contributed by atoms with Crippen LogP contribution in [0.3, 0.4) is 0 Å². The molecule has 1 aromatic heterocycles. The number of carbonyl (C=O) groups is 2. The number of rotatable bonds is 18. The molecule has 1 fully saturated rings. The molecule has 1 aliphatic rings. The van der Waals surface area contributed by atoms with Gasteiger partial charge in [-0.15, -0.1) is 0 Å². The highest BCUT2D eigenvalue weighted by Crippen LogP contribution is 2.31. The molecule has 10 heteroatoms. The minimum Gasteiger partial charge on any atom is -0.463 e. The molecule has 37 heavy (non-hydrogen) atoms. The molecule has 0 aliphatic carbocycles. The third-order valence-electron chi connectivity index (χ3n) is 6.58. The van der Waals surface area contributed by atoms with E-state index in [1.807, 2.05) is 0 Å². The molecular weight excluding hydrogens is 478 g/mol. The van der Waals surface area contributed by atoms with Gasteiger partial charge in [-0.2, -0.15) is 4.98 Å². The number of aromatic nitrogens is 2. The van der Waals surface area contributed by atoms with Crippen molar-refractivity contribution in [2.75, 3.05) is 12.3 Å². The lowest BCUT2D eigenvalue weighted by molar-refractivity contribution is -0.160. The van der Waals surface area contributed by atoms with Gasteiger partial charge < -0.3 is 25.1 Å². The van der Waals surface area contributed by atoms with Crippen molar-refractivity contribution in [3.63, 3.8) is 0 Å². The second kappa shape index (κ2) is 17.1. The Balaban J connectivity index is 1.94. The number of aliphatic hydroxyl groups is 1. The molecule has 1 saturated heterocycles. The van der Waals surface area contributed by atoms with Crippen molar-refractivity contribution in [2.24, 2.45) is 0 Å². The topological polar surface area (TPSA) is 143 Å². The van der Waals surface area contributed by atoms with Crippen molar-refractivity contribution in [1.82, 2.24) is 9.55 Å². The predicted molar refractivity (Wildman–Crippen MR) is 140 cm³/mol. The number of aliphatic hydroxyl groups excluding tert-OH is 1. The summed E-state index contributed by atoms with van der Waals surface area (Å²) in [6.45, 7) is 4.11. The molecule has 1 aliphatic heterocycles. The van der Waals surface area contributed by atoms with Crippen molar-refractivity contribution < 1.29 is 28.9 Å². The summed E-state index contributed by atoms with van der Waals surface area (Å²) in [5.41, 5.74) is 4.86. The molecule has 0 amide bonds. The monoisotopic (exact) mass is 523 g/mol. The summed E-state index contributed by atoms with van der Waals surface area (Å²) in [4.78, 5) is 40.8. The minimum absolute atomic E-state index is 0.0378. The van der Waals surface area contributed by atoms with Crippen LogP contribution in [0.2, 0.25) is 0 Å². The fourth-order valence-electron chi connectivity index (χ4n) is 4.41. The van der Waals surface area contributed by atoms with Crippen LogP contribution < -0.4 is 11.4 Å². The van der Waals surface area contributed by atoms with Gasteiger partial charge in [-0.3, -0.25) is 14.2 Å². The summed E-state index contributed by atoms with van der Waals surface area (Å²) < 4.78 is 17.9. The van der Waals surface area contributed by atoms with E-state index in [2.05, 4.69) is 18.8 Å². The molecule has 10 nitrogen and oxygen atoms in total. The highest BCUT2D eigenvalue weighted by molar-refractivity contribution is 5.70. The fourth-order valence-corrected chi connectivity index (χ4v) is 4.41. The van der Waals surface area contributed by atoms with Crippen LogP contribution in [-0.2, 0) is 23.8 Å². The summed E-state index contributed by atoms with van der Waals surface area (Å²) in [6.07, 6.45) is 9.78. The molecule has 1 aromatic rings. The van der Waals surface area contributed by atoms with E-state index in [1.54, 1.807) is 0 Å². The van der Waals surface area contributed by atoms with Gasteiger partial charge in [0, 0.05) is 19.0 Å². The molecule has 0 unspecified atom stereocenters. The van der Waals surface area contributed by atoms with Crippen LogP contribution in [0.4, 0.5) is 5.82 Å². The van der Waals surface area contributed by atoms with E-state index in [0.29, 0.717) is 6.42 Å². The van der Waals surface area contributed by atoms with E-state index in [1.165, 1.54) is 31.5 Å². The zero-order chi connectivity index (χ0) is 27.0. The number of nitrogens with zero attached hydrogens (tertiary/aromatic N) is 2. The molecule has 0 aromatic carbocycles. The van der Waals surface area contributed by atoms with Crippen molar-refractivity contribution >= 4 is 17.8 Å². The van der Waals surface area contributed by atoms with Gasteiger partial charge >= 0.3 is 17.6 Å². The number of nitrogens with two attached hydrogens (primary N) is 1. The SMILES string of the molecule is CCCCCCCCC(=O)OC[C@H]1O[C@@H](n2ccc(N)nc2=O)[C@@H](O)[C@@H]1OC(=O)CCCCCCCC. The lowest BCUT2D eigenvalue weighted by Crippen LogP contribution is -2.39. The zero-order valence-electron chi connectivity index (χ0n) is 22.4. The third kappa shape index (κ3) is 10.8. The summed E-state index contributed by atoms with van der Waals surface area (Å²) in [5, 5.41) is 10.9. The van der Waals surface area contributed by atoms with Gasteiger partial charge in [0.25, 0.3) is 0 Å². The van der Waals surface area contributed by atoms with Gasteiger partial charge in [-0.05, 0) is 18.9 Å². The Kier molecular flexibility index (Phi) is 14.2. The van der Waals surface area contributed by atoms with E-state index < -0.39 is 36.2 Å². The van der Waals surface area contributed by atoms with Crippen LogP contribution in [0.25, 0.3) is 0 Å². The van der Waals surface area contributed by atoms with E-state index >= 15 is 0 Å². The Morgan fingerprint density at radius 1 is 0.973 bits per heavy atom. The number of hydrogen-bond acceptors (Lipinski definition) is 9. The van der Waals surface area contributed by atoms with Gasteiger partial charge in [0.05, 0.1) is 0 Å². The first kappa shape index (κ1) is 30.8. The summed E-state index contributed by atoms with van der Waals surface area (Å²) in [6, 6.07) is 1.41. The van der Waals surface area contributed by atoms with Crippen LogP contribution in [-0.4, -0.2) is 51.5 Å². The average Bonchev–Trinajstić information content (AvgIpc) is 3.17. The maximum absolute atomic E-state index is 12.5. The lowest BCUT2D eigenvalue weighted by Gasteiger charge is -2.21. The van der Waals surface area contributed by atoms with Gasteiger partial charge in [-0.25, -0.2) is 4.79 Å². The number of ether oxygens (including phenoxy) is 3. The number of hydrogen-bond donors (Lipinski definition) is 2. The average molecular weight is 524 g/mol. The van der Waals surface area contributed by atoms with E-state index in [0.717, 1.165) is 55.9 Å². The Morgan fingerprint density at radius 2 is 1.54 bits per heavy atom.